The van der Waals surface area contributed by atoms with Gasteiger partial charge in [-0.1, -0.05) is 35.9 Å². The molecule has 1 N–H and O–H groups in total. The Morgan fingerprint density at radius 3 is 2.78 bits per heavy atom. The van der Waals surface area contributed by atoms with Crippen LogP contribution in [0.4, 0.5) is 0 Å². The van der Waals surface area contributed by atoms with Crippen molar-refractivity contribution in [2.75, 3.05) is 26.2 Å². The van der Waals surface area contributed by atoms with Gasteiger partial charge in [-0.2, -0.15) is 0 Å². The Morgan fingerprint density at radius 1 is 1.30 bits per heavy atom. The number of ether oxygens (including phenoxy) is 2. The van der Waals surface area contributed by atoms with E-state index in [1.54, 1.807) is 0 Å². The lowest BCUT2D eigenvalue weighted by molar-refractivity contribution is -0.137. The summed E-state index contributed by atoms with van der Waals surface area (Å²) in [6.07, 6.45) is 0.106. The SMILES string of the molecule is Cc1ccc(COc2ccc(C3CN(CCC(=O)O)CCO3)cc2)c(Cl)c1. The highest BCUT2D eigenvalue weighted by atomic mass is 35.5. The van der Waals surface area contributed by atoms with Crippen LogP contribution < -0.4 is 4.74 Å². The monoisotopic (exact) mass is 389 g/mol. The maximum absolute atomic E-state index is 10.8. The van der Waals surface area contributed by atoms with E-state index < -0.39 is 5.97 Å². The number of carboxylic acids is 1. The molecular formula is C21H24ClNO4. The summed E-state index contributed by atoms with van der Waals surface area (Å²) in [7, 11) is 0. The van der Waals surface area contributed by atoms with E-state index in [4.69, 9.17) is 26.2 Å². The van der Waals surface area contributed by atoms with Gasteiger partial charge in [0.05, 0.1) is 19.1 Å². The van der Waals surface area contributed by atoms with Crippen molar-refractivity contribution in [1.29, 1.82) is 0 Å². The number of morpholine rings is 1. The number of carboxylic acid groups (broad SMARTS) is 1. The van der Waals surface area contributed by atoms with E-state index in [1.165, 1.54) is 0 Å². The molecule has 0 bridgehead atoms. The Morgan fingerprint density at radius 2 is 2.07 bits per heavy atom. The first-order valence-electron chi connectivity index (χ1n) is 9.05. The van der Waals surface area contributed by atoms with Gasteiger partial charge in [-0.25, -0.2) is 0 Å². The fraction of sp³-hybridized carbons (Fsp3) is 0.381. The van der Waals surface area contributed by atoms with Gasteiger partial charge < -0.3 is 14.6 Å². The van der Waals surface area contributed by atoms with Crippen molar-refractivity contribution in [2.24, 2.45) is 0 Å². The molecule has 1 aliphatic heterocycles. The highest BCUT2D eigenvalue weighted by Crippen LogP contribution is 2.25. The van der Waals surface area contributed by atoms with E-state index in [1.807, 2.05) is 49.4 Å². The number of rotatable bonds is 7. The quantitative estimate of drug-likeness (QED) is 0.773. The van der Waals surface area contributed by atoms with Crippen molar-refractivity contribution in [1.82, 2.24) is 4.90 Å². The number of halogens is 1. The molecule has 144 valence electrons. The third kappa shape index (κ3) is 5.70. The van der Waals surface area contributed by atoms with Gasteiger partial charge in [0.25, 0.3) is 0 Å². The minimum absolute atomic E-state index is 0.0480. The summed E-state index contributed by atoms with van der Waals surface area (Å²) in [5.74, 6) is 0.00200. The molecule has 1 atom stereocenters. The number of hydrogen-bond donors (Lipinski definition) is 1. The first kappa shape index (κ1) is 19.7. The fourth-order valence-corrected chi connectivity index (χ4v) is 3.36. The van der Waals surface area contributed by atoms with Crippen molar-refractivity contribution < 1.29 is 19.4 Å². The van der Waals surface area contributed by atoms with Crippen LogP contribution in [0.3, 0.4) is 0 Å². The van der Waals surface area contributed by atoms with Crippen LogP contribution in [0.15, 0.2) is 42.5 Å². The van der Waals surface area contributed by atoms with Gasteiger partial charge in [-0.05, 0) is 36.2 Å². The molecule has 1 fully saturated rings. The zero-order valence-electron chi connectivity index (χ0n) is 15.4. The Kier molecular flexibility index (Phi) is 6.72. The Labute approximate surface area is 164 Å². The first-order chi connectivity index (χ1) is 13.0. The summed E-state index contributed by atoms with van der Waals surface area (Å²) in [6, 6.07) is 13.8. The molecule has 3 rings (SSSR count). The highest BCUT2D eigenvalue weighted by Gasteiger charge is 2.22. The van der Waals surface area contributed by atoms with Crippen molar-refractivity contribution in [3.63, 3.8) is 0 Å². The summed E-state index contributed by atoms with van der Waals surface area (Å²) in [4.78, 5) is 12.9. The molecule has 5 nitrogen and oxygen atoms in total. The summed E-state index contributed by atoms with van der Waals surface area (Å²) in [6.45, 7) is 5.05. The molecule has 0 aromatic heterocycles. The van der Waals surface area contributed by atoms with E-state index in [0.29, 0.717) is 31.3 Å². The average molecular weight is 390 g/mol. The molecule has 0 aliphatic carbocycles. The fourth-order valence-electron chi connectivity index (χ4n) is 3.07. The molecule has 0 radical (unpaired) electrons. The van der Waals surface area contributed by atoms with Crippen molar-refractivity contribution in [3.8, 4) is 5.75 Å². The zero-order chi connectivity index (χ0) is 19.2. The van der Waals surface area contributed by atoms with Gasteiger partial charge in [0, 0.05) is 30.2 Å². The summed E-state index contributed by atoms with van der Waals surface area (Å²) in [5, 5.41) is 9.55. The van der Waals surface area contributed by atoms with E-state index >= 15 is 0 Å². The normalized spacial score (nSPS) is 17.6. The smallest absolute Gasteiger partial charge is 0.304 e. The molecule has 1 heterocycles. The third-order valence-corrected chi connectivity index (χ3v) is 5.00. The second-order valence-electron chi connectivity index (χ2n) is 6.76. The zero-order valence-corrected chi connectivity index (χ0v) is 16.1. The Balaban J connectivity index is 1.55. The van der Waals surface area contributed by atoms with Gasteiger partial charge >= 0.3 is 5.97 Å². The molecule has 2 aromatic rings. The predicted molar refractivity (Wildman–Crippen MR) is 104 cm³/mol. The largest absolute Gasteiger partial charge is 0.489 e. The molecule has 1 saturated heterocycles. The first-order valence-corrected chi connectivity index (χ1v) is 9.42. The highest BCUT2D eigenvalue weighted by molar-refractivity contribution is 6.31. The standard InChI is InChI=1S/C21H24ClNO4/c1-15-2-3-17(19(22)12-15)14-27-18-6-4-16(5-7-18)20-13-23(10-11-26-20)9-8-21(24)25/h2-7,12,20H,8-11,13-14H2,1H3,(H,24,25). The minimum Gasteiger partial charge on any atom is -0.489 e. The van der Waals surface area contributed by atoms with Crippen molar-refractivity contribution in [3.05, 3.63) is 64.2 Å². The maximum Gasteiger partial charge on any atom is 0.304 e. The lowest BCUT2D eigenvalue weighted by Crippen LogP contribution is -2.39. The van der Waals surface area contributed by atoms with Crippen molar-refractivity contribution >= 4 is 17.6 Å². The number of benzene rings is 2. The van der Waals surface area contributed by atoms with Crippen LogP contribution in [0.25, 0.3) is 0 Å². The molecule has 2 aromatic carbocycles. The summed E-state index contributed by atoms with van der Waals surface area (Å²) in [5.41, 5.74) is 3.14. The van der Waals surface area contributed by atoms with Gasteiger partial charge in [-0.3, -0.25) is 9.69 Å². The molecule has 6 heteroatoms. The minimum atomic E-state index is -0.770. The van der Waals surface area contributed by atoms with Gasteiger partial charge in [0.1, 0.15) is 12.4 Å². The molecular weight excluding hydrogens is 366 g/mol. The van der Waals surface area contributed by atoms with Crippen molar-refractivity contribution in [2.45, 2.75) is 26.1 Å². The third-order valence-electron chi connectivity index (χ3n) is 4.65. The van der Waals surface area contributed by atoms with Crippen LogP contribution in [-0.2, 0) is 16.1 Å². The Bertz CT molecular complexity index is 778. The van der Waals surface area contributed by atoms with Crippen LogP contribution in [0.2, 0.25) is 5.02 Å². The summed E-state index contributed by atoms with van der Waals surface area (Å²) >= 11 is 6.24. The van der Waals surface area contributed by atoms with Gasteiger partial charge in [0.2, 0.25) is 0 Å². The number of nitrogens with zero attached hydrogens (tertiary/aromatic N) is 1. The number of hydrogen-bond acceptors (Lipinski definition) is 4. The van der Waals surface area contributed by atoms with E-state index in [2.05, 4.69) is 4.90 Å². The second kappa shape index (κ2) is 9.22. The van der Waals surface area contributed by atoms with E-state index in [-0.39, 0.29) is 12.5 Å². The second-order valence-corrected chi connectivity index (χ2v) is 7.16. The van der Waals surface area contributed by atoms with Crippen LogP contribution in [0, 0.1) is 6.92 Å². The Hall–Kier alpha value is -2.08. The lowest BCUT2D eigenvalue weighted by atomic mass is 10.1. The lowest BCUT2D eigenvalue weighted by Gasteiger charge is -2.32. The molecule has 27 heavy (non-hydrogen) atoms. The number of aliphatic carboxylic acids is 1. The van der Waals surface area contributed by atoms with Crippen LogP contribution in [0.1, 0.15) is 29.2 Å². The predicted octanol–water partition coefficient (Wildman–Crippen LogP) is 4.08. The van der Waals surface area contributed by atoms with Gasteiger partial charge in [-0.15, -0.1) is 0 Å². The summed E-state index contributed by atoms with van der Waals surface area (Å²) < 4.78 is 11.7. The van der Waals surface area contributed by atoms with E-state index in [9.17, 15) is 4.79 Å². The molecule has 0 spiro atoms. The molecule has 1 unspecified atom stereocenters. The topological polar surface area (TPSA) is 59.0 Å². The van der Waals surface area contributed by atoms with Crippen LogP contribution in [0.5, 0.6) is 5.75 Å². The van der Waals surface area contributed by atoms with Gasteiger partial charge in [0.15, 0.2) is 0 Å². The number of carbonyl (C=O) groups is 1. The average Bonchev–Trinajstić information content (AvgIpc) is 2.66. The van der Waals surface area contributed by atoms with E-state index in [0.717, 1.165) is 29.0 Å². The molecule has 1 aliphatic rings. The molecule has 0 saturated carbocycles. The maximum atomic E-state index is 10.8. The van der Waals surface area contributed by atoms with Crippen LogP contribution in [-0.4, -0.2) is 42.2 Å². The number of aryl methyl sites for hydroxylation is 1. The van der Waals surface area contributed by atoms with Crippen LogP contribution >= 0.6 is 11.6 Å². The molecule has 0 amide bonds.